The van der Waals surface area contributed by atoms with E-state index in [1.54, 1.807) is 4.90 Å². The van der Waals surface area contributed by atoms with Gasteiger partial charge in [-0.3, -0.25) is 9.59 Å². The van der Waals surface area contributed by atoms with Crippen LogP contribution in [-0.2, 0) is 16.1 Å². The molecule has 2 aliphatic rings. The predicted molar refractivity (Wildman–Crippen MR) is 78.7 cm³/mol. The first-order chi connectivity index (χ1) is 10.6. The molecule has 1 amide bonds. The minimum Gasteiger partial charge on any atom is -0.481 e. The van der Waals surface area contributed by atoms with Crippen molar-refractivity contribution in [2.24, 2.45) is 5.41 Å². The number of amides is 1. The number of nitriles is 1. The second-order valence-corrected chi connectivity index (χ2v) is 6.18. The Morgan fingerprint density at radius 1 is 1.27 bits per heavy atom. The molecule has 5 nitrogen and oxygen atoms in total. The zero-order valence-electron chi connectivity index (χ0n) is 12.3. The van der Waals surface area contributed by atoms with E-state index in [-0.39, 0.29) is 12.5 Å². The van der Waals surface area contributed by atoms with Gasteiger partial charge in [-0.25, -0.2) is 0 Å². The number of carboxylic acid groups (broad SMARTS) is 1. The fraction of sp³-hybridized carbons (Fsp3) is 0.471. The van der Waals surface area contributed by atoms with Gasteiger partial charge in [0.05, 0.1) is 12.0 Å². The summed E-state index contributed by atoms with van der Waals surface area (Å²) >= 11 is 0. The van der Waals surface area contributed by atoms with Gasteiger partial charge in [0.1, 0.15) is 5.41 Å². The van der Waals surface area contributed by atoms with Crippen molar-refractivity contribution in [3.63, 3.8) is 0 Å². The summed E-state index contributed by atoms with van der Waals surface area (Å²) in [4.78, 5) is 26.0. The van der Waals surface area contributed by atoms with Gasteiger partial charge in [0.2, 0.25) is 5.91 Å². The third kappa shape index (κ3) is 2.25. The summed E-state index contributed by atoms with van der Waals surface area (Å²) in [5, 5.41) is 18.9. The normalized spacial score (nSPS) is 22.7. The molecule has 1 aliphatic carbocycles. The van der Waals surface area contributed by atoms with Crippen LogP contribution in [0.2, 0.25) is 0 Å². The molecule has 114 valence electrons. The average molecular weight is 298 g/mol. The van der Waals surface area contributed by atoms with Gasteiger partial charge >= 0.3 is 5.97 Å². The van der Waals surface area contributed by atoms with Crippen molar-refractivity contribution in [2.75, 3.05) is 6.54 Å². The van der Waals surface area contributed by atoms with Gasteiger partial charge in [-0.2, -0.15) is 5.26 Å². The summed E-state index contributed by atoms with van der Waals surface area (Å²) < 4.78 is 0. The Morgan fingerprint density at radius 2 is 1.95 bits per heavy atom. The van der Waals surface area contributed by atoms with Crippen LogP contribution in [0.5, 0.6) is 0 Å². The standard InChI is InChI=1S/C17H18N2O3/c18-11-17(7-3-4-8-17)16(22)19-9-12-5-1-2-6-13(12)14(10-19)15(20)21/h1-2,5-6,14H,3-4,7-10H2,(H,20,21)/t14-/m0/s1. The highest BCUT2D eigenvalue weighted by atomic mass is 16.4. The fourth-order valence-corrected chi connectivity index (χ4v) is 3.63. The molecular formula is C17H18N2O3. The quantitative estimate of drug-likeness (QED) is 0.908. The Balaban J connectivity index is 1.93. The maximum absolute atomic E-state index is 12.8. The molecular weight excluding hydrogens is 280 g/mol. The third-order valence-electron chi connectivity index (χ3n) is 4.86. The lowest BCUT2D eigenvalue weighted by Crippen LogP contribution is -2.46. The van der Waals surface area contributed by atoms with Crippen LogP contribution in [0.25, 0.3) is 0 Å². The van der Waals surface area contributed by atoms with E-state index < -0.39 is 17.3 Å². The van der Waals surface area contributed by atoms with E-state index in [2.05, 4.69) is 6.07 Å². The van der Waals surface area contributed by atoms with Crippen molar-refractivity contribution < 1.29 is 14.7 Å². The predicted octanol–water partition coefficient (Wildman–Crippen LogP) is 2.28. The molecule has 1 aromatic carbocycles. The van der Waals surface area contributed by atoms with Gasteiger partial charge in [-0.1, -0.05) is 37.1 Å². The number of hydrogen-bond donors (Lipinski definition) is 1. The second kappa shape index (κ2) is 5.45. The number of benzene rings is 1. The molecule has 1 aliphatic heterocycles. The van der Waals surface area contributed by atoms with Gasteiger partial charge in [0, 0.05) is 13.1 Å². The molecule has 0 unspecified atom stereocenters. The van der Waals surface area contributed by atoms with Crippen LogP contribution < -0.4 is 0 Å². The second-order valence-electron chi connectivity index (χ2n) is 6.18. The van der Waals surface area contributed by atoms with Gasteiger partial charge in [-0.05, 0) is 24.0 Å². The Bertz CT molecular complexity index is 656. The molecule has 0 spiro atoms. The summed E-state index contributed by atoms with van der Waals surface area (Å²) in [5.74, 6) is -1.85. The highest BCUT2D eigenvalue weighted by Gasteiger charge is 2.46. The highest BCUT2D eigenvalue weighted by molar-refractivity contribution is 5.87. The molecule has 1 fully saturated rings. The molecule has 0 saturated heterocycles. The van der Waals surface area contributed by atoms with Crippen LogP contribution in [0.4, 0.5) is 0 Å². The number of nitrogens with zero attached hydrogens (tertiary/aromatic N) is 2. The SMILES string of the molecule is N#CC1(C(=O)N2Cc3ccccc3[C@@H](C(=O)O)C2)CCCC1. The van der Waals surface area contributed by atoms with E-state index in [9.17, 15) is 20.0 Å². The minimum absolute atomic E-state index is 0.147. The van der Waals surface area contributed by atoms with E-state index >= 15 is 0 Å². The minimum atomic E-state index is -0.949. The summed E-state index contributed by atoms with van der Waals surface area (Å²) in [5.41, 5.74) is 0.687. The summed E-state index contributed by atoms with van der Waals surface area (Å²) in [6.45, 7) is 0.539. The summed E-state index contributed by atoms with van der Waals surface area (Å²) in [7, 11) is 0. The monoisotopic (exact) mass is 298 g/mol. The Labute approximate surface area is 129 Å². The van der Waals surface area contributed by atoms with Crippen LogP contribution in [0.1, 0.15) is 42.7 Å². The van der Waals surface area contributed by atoms with Crippen molar-refractivity contribution in [2.45, 2.75) is 38.1 Å². The molecule has 0 bridgehead atoms. The topological polar surface area (TPSA) is 81.4 Å². The molecule has 1 aromatic rings. The molecule has 1 N–H and O–H groups in total. The van der Waals surface area contributed by atoms with E-state index in [4.69, 9.17) is 0 Å². The average Bonchev–Trinajstić information content (AvgIpc) is 3.03. The number of fused-ring (bicyclic) bond motifs is 1. The first-order valence-corrected chi connectivity index (χ1v) is 7.59. The first-order valence-electron chi connectivity index (χ1n) is 7.59. The number of aliphatic carboxylic acids is 1. The van der Waals surface area contributed by atoms with Crippen LogP contribution in [0, 0.1) is 16.7 Å². The maximum Gasteiger partial charge on any atom is 0.312 e. The van der Waals surface area contributed by atoms with Crippen LogP contribution in [0.3, 0.4) is 0 Å². The highest BCUT2D eigenvalue weighted by Crippen LogP contribution is 2.41. The lowest BCUT2D eigenvalue weighted by Gasteiger charge is -2.36. The van der Waals surface area contributed by atoms with Crippen molar-refractivity contribution in [3.05, 3.63) is 35.4 Å². The van der Waals surface area contributed by atoms with Crippen molar-refractivity contribution >= 4 is 11.9 Å². The Kier molecular flexibility index (Phi) is 3.61. The zero-order chi connectivity index (χ0) is 15.7. The van der Waals surface area contributed by atoms with Crippen LogP contribution in [-0.4, -0.2) is 28.4 Å². The zero-order valence-corrected chi connectivity index (χ0v) is 12.3. The van der Waals surface area contributed by atoms with E-state index in [1.807, 2.05) is 24.3 Å². The van der Waals surface area contributed by atoms with Crippen molar-refractivity contribution in [3.8, 4) is 6.07 Å². The number of carbonyl (C=O) groups is 2. The van der Waals surface area contributed by atoms with Crippen LogP contribution >= 0.6 is 0 Å². The van der Waals surface area contributed by atoms with E-state index in [0.717, 1.165) is 24.0 Å². The Morgan fingerprint density at radius 3 is 2.59 bits per heavy atom. The molecule has 1 heterocycles. The smallest absolute Gasteiger partial charge is 0.312 e. The molecule has 5 heteroatoms. The third-order valence-corrected chi connectivity index (χ3v) is 4.86. The van der Waals surface area contributed by atoms with Crippen molar-refractivity contribution in [1.82, 2.24) is 4.90 Å². The molecule has 22 heavy (non-hydrogen) atoms. The lowest BCUT2D eigenvalue weighted by atomic mass is 9.83. The maximum atomic E-state index is 12.8. The van der Waals surface area contributed by atoms with Crippen LogP contribution in [0.15, 0.2) is 24.3 Å². The summed E-state index contributed by atoms with van der Waals surface area (Å²) in [6.07, 6.45) is 2.93. The molecule has 3 rings (SSSR count). The van der Waals surface area contributed by atoms with E-state index in [0.29, 0.717) is 19.4 Å². The number of carbonyl (C=O) groups excluding carboxylic acids is 1. The first kappa shape index (κ1) is 14.6. The molecule has 1 atom stereocenters. The Hall–Kier alpha value is -2.35. The van der Waals surface area contributed by atoms with Crippen molar-refractivity contribution in [1.29, 1.82) is 5.26 Å². The number of hydrogen-bond acceptors (Lipinski definition) is 3. The molecule has 1 saturated carbocycles. The fourth-order valence-electron chi connectivity index (χ4n) is 3.63. The number of rotatable bonds is 2. The molecule has 0 radical (unpaired) electrons. The van der Waals surface area contributed by atoms with Gasteiger partial charge < -0.3 is 10.0 Å². The van der Waals surface area contributed by atoms with Gasteiger partial charge in [-0.15, -0.1) is 0 Å². The largest absolute Gasteiger partial charge is 0.481 e. The number of carboxylic acids is 1. The van der Waals surface area contributed by atoms with Gasteiger partial charge in [0.15, 0.2) is 0 Å². The van der Waals surface area contributed by atoms with Gasteiger partial charge in [0.25, 0.3) is 0 Å². The molecule has 0 aromatic heterocycles. The lowest BCUT2D eigenvalue weighted by molar-refractivity contribution is -0.144. The summed E-state index contributed by atoms with van der Waals surface area (Å²) in [6, 6.07) is 9.54. The van der Waals surface area contributed by atoms with E-state index in [1.165, 1.54) is 0 Å².